The summed E-state index contributed by atoms with van der Waals surface area (Å²) in [6, 6.07) is 11.6. The molecule has 3 heterocycles. The van der Waals surface area contributed by atoms with Crippen LogP contribution >= 0.6 is 0 Å². The fourth-order valence-corrected chi connectivity index (χ4v) is 4.93. The summed E-state index contributed by atoms with van der Waals surface area (Å²) in [5.74, 6) is 0. The zero-order valence-electron chi connectivity index (χ0n) is 12.2. The Kier molecular flexibility index (Phi) is 3.32. The van der Waals surface area contributed by atoms with Crippen LogP contribution in [0.15, 0.2) is 53.7 Å². The normalized spacial score (nSPS) is 25.5. The van der Waals surface area contributed by atoms with Crippen molar-refractivity contribution >= 4 is 10.0 Å². The second-order valence-electron chi connectivity index (χ2n) is 6.04. The maximum absolute atomic E-state index is 12.8. The summed E-state index contributed by atoms with van der Waals surface area (Å²) in [7, 11) is -3.39. The van der Waals surface area contributed by atoms with Crippen LogP contribution in [0.3, 0.4) is 0 Å². The molecule has 0 spiro atoms. The van der Waals surface area contributed by atoms with Crippen LogP contribution in [0, 0.1) is 0 Å². The van der Waals surface area contributed by atoms with Gasteiger partial charge in [-0.15, -0.1) is 0 Å². The Labute approximate surface area is 130 Å². The monoisotopic (exact) mass is 317 g/mol. The smallest absolute Gasteiger partial charge is 0.243 e. The predicted octanol–water partition coefficient (Wildman–Crippen LogP) is 1.60. The number of nitrogens with one attached hydrogen (secondary N) is 1. The summed E-state index contributed by atoms with van der Waals surface area (Å²) in [4.78, 5) is 0.379. The maximum atomic E-state index is 12.8. The van der Waals surface area contributed by atoms with E-state index in [0.717, 1.165) is 18.5 Å². The molecule has 0 saturated carbocycles. The average Bonchev–Trinajstić information content (AvgIpc) is 3.17. The third-order valence-corrected chi connectivity index (χ3v) is 6.41. The van der Waals surface area contributed by atoms with Gasteiger partial charge in [0.05, 0.1) is 4.90 Å². The first-order valence-electron chi connectivity index (χ1n) is 7.62. The van der Waals surface area contributed by atoms with E-state index in [1.54, 1.807) is 16.4 Å². The Morgan fingerprint density at radius 3 is 2.14 bits per heavy atom. The minimum atomic E-state index is -3.39. The molecular weight excluding hydrogens is 298 g/mol. The number of aromatic nitrogens is 1. The van der Waals surface area contributed by atoms with Gasteiger partial charge >= 0.3 is 0 Å². The van der Waals surface area contributed by atoms with Crippen molar-refractivity contribution in [3.05, 3.63) is 48.8 Å². The van der Waals surface area contributed by atoms with Crippen LogP contribution in [0.4, 0.5) is 0 Å². The van der Waals surface area contributed by atoms with Crippen molar-refractivity contribution in [3.8, 4) is 5.69 Å². The first-order valence-corrected chi connectivity index (χ1v) is 9.06. The molecule has 2 unspecified atom stereocenters. The quantitative estimate of drug-likeness (QED) is 0.935. The second-order valence-corrected chi connectivity index (χ2v) is 7.98. The average molecular weight is 317 g/mol. The predicted molar refractivity (Wildman–Crippen MR) is 84.5 cm³/mol. The van der Waals surface area contributed by atoms with Crippen molar-refractivity contribution in [1.82, 2.24) is 14.2 Å². The minimum Gasteiger partial charge on any atom is -0.324 e. The highest BCUT2D eigenvalue weighted by molar-refractivity contribution is 7.89. The lowest BCUT2D eigenvalue weighted by Crippen LogP contribution is -2.52. The summed E-state index contributed by atoms with van der Waals surface area (Å²) >= 11 is 0. The van der Waals surface area contributed by atoms with E-state index in [1.807, 2.05) is 41.2 Å². The first-order chi connectivity index (χ1) is 10.6. The van der Waals surface area contributed by atoms with E-state index < -0.39 is 10.0 Å². The number of rotatable bonds is 3. The Morgan fingerprint density at radius 1 is 0.955 bits per heavy atom. The van der Waals surface area contributed by atoms with Gasteiger partial charge in [0.2, 0.25) is 10.0 Å². The van der Waals surface area contributed by atoms with E-state index in [2.05, 4.69) is 5.32 Å². The zero-order valence-corrected chi connectivity index (χ0v) is 13.0. The van der Waals surface area contributed by atoms with Gasteiger partial charge in [-0.05, 0) is 49.2 Å². The standard InChI is InChI=1S/C16H19N3O2S/c20-22(21,19-11-13-3-4-14(12-19)17-13)16-7-5-15(6-8-16)18-9-1-2-10-18/h1-2,5-10,13-14,17H,3-4,11-12H2. The molecule has 2 atom stereocenters. The number of hydrogen-bond donors (Lipinski definition) is 1. The number of nitrogens with zero attached hydrogens (tertiary/aromatic N) is 2. The van der Waals surface area contributed by atoms with Crippen LogP contribution in [-0.2, 0) is 10.0 Å². The maximum Gasteiger partial charge on any atom is 0.243 e. The lowest BCUT2D eigenvalue weighted by Gasteiger charge is -2.32. The number of piperazine rings is 1. The topological polar surface area (TPSA) is 54.3 Å². The van der Waals surface area contributed by atoms with E-state index >= 15 is 0 Å². The van der Waals surface area contributed by atoms with Crippen LogP contribution < -0.4 is 5.32 Å². The second kappa shape index (κ2) is 5.22. The molecule has 2 aliphatic rings. The molecule has 5 nitrogen and oxygen atoms in total. The van der Waals surface area contributed by atoms with Gasteiger partial charge in [0.15, 0.2) is 0 Å². The summed E-state index contributed by atoms with van der Waals surface area (Å²) in [5, 5.41) is 3.46. The molecule has 22 heavy (non-hydrogen) atoms. The Morgan fingerprint density at radius 2 is 1.55 bits per heavy atom. The van der Waals surface area contributed by atoms with Gasteiger partial charge in [-0.3, -0.25) is 0 Å². The molecule has 4 rings (SSSR count). The molecule has 6 heteroatoms. The Balaban J connectivity index is 1.60. The third kappa shape index (κ3) is 2.37. The van der Waals surface area contributed by atoms with E-state index in [1.165, 1.54) is 0 Å². The van der Waals surface area contributed by atoms with E-state index in [-0.39, 0.29) is 0 Å². The fraction of sp³-hybridized carbons (Fsp3) is 0.375. The summed E-state index contributed by atoms with van der Waals surface area (Å²) in [6.45, 7) is 1.16. The van der Waals surface area contributed by atoms with Gasteiger partial charge in [0.25, 0.3) is 0 Å². The van der Waals surface area contributed by atoms with Crippen LogP contribution in [0.25, 0.3) is 5.69 Å². The number of sulfonamides is 1. The molecule has 1 aromatic heterocycles. The van der Waals surface area contributed by atoms with E-state index in [9.17, 15) is 8.42 Å². The van der Waals surface area contributed by atoms with Gasteiger partial charge in [-0.25, -0.2) is 8.42 Å². The lowest BCUT2D eigenvalue weighted by atomic mass is 10.2. The highest BCUT2D eigenvalue weighted by Crippen LogP contribution is 2.26. The van der Waals surface area contributed by atoms with Crippen molar-refractivity contribution in [2.75, 3.05) is 13.1 Å². The minimum absolute atomic E-state index is 0.313. The molecule has 2 aromatic rings. The molecule has 0 amide bonds. The van der Waals surface area contributed by atoms with Crippen molar-refractivity contribution in [1.29, 1.82) is 0 Å². The molecule has 116 valence electrons. The SMILES string of the molecule is O=S(=O)(c1ccc(-n2cccc2)cc1)N1CC2CCC(C1)N2. The van der Waals surface area contributed by atoms with Gasteiger partial charge < -0.3 is 9.88 Å². The molecule has 2 aliphatic heterocycles. The molecule has 0 radical (unpaired) electrons. The number of benzene rings is 1. The third-order valence-electron chi connectivity index (χ3n) is 4.56. The molecule has 2 bridgehead atoms. The van der Waals surface area contributed by atoms with Gasteiger partial charge in [0.1, 0.15) is 0 Å². The van der Waals surface area contributed by atoms with E-state index in [0.29, 0.717) is 30.1 Å². The van der Waals surface area contributed by atoms with Crippen molar-refractivity contribution in [2.45, 2.75) is 29.8 Å². The van der Waals surface area contributed by atoms with Crippen LogP contribution in [0.5, 0.6) is 0 Å². The van der Waals surface area contributed by atoms with Crippen LogP contribution in [0.1, 0.15) is 12.8 Å². The lowest BCUT2D eigenvalue weighted by molar-refractivity contribution is 0.296. The van der Waals surface area contributed by atoms with Gasteiger partial charge in [-0.1, -0.05) is 0 Å². The molecule has 2 saturated heterocycles. The molecule has 1 aromatic carbocycles. The van der Waals surface area contributed by atoms with Crippen molar-refractivity contribution in [2.24, 2.45) is 0 Å². The molecule has 1 N–H and O–H groups in total. The van der Waals surface area contributed by atoms with E-state index in [4.69, 9.17) is 0 Å². The highest BCUT2D eigenvalue weighted by atomic mass is 32.2. The molecular formula is C16H19N3O2S. The fourth-order valence-electron chi connectivity index (χ4n) is 3.40. The van der Waals surface area contributed by atoms with Crippen molar-refractivity contribution in [3.63, 3.8) is 0 Å². The molecule has 0 aliphatic carbocycles. The Bertz CT molecular complexity index is 741. The number of fused-ring (bicyclic) bond motifs is 2. The summed E-state index contributed by atoms with van der Waals surface area (Å²) < 4.78 is 29.2. The first kappa shape index (κ1) is 14.0. The van der Waals surface area contributed by atoms with Gasteiger partial charge in [0, 0.05) is 43.3 Å². The highest BCUT2D eigenvalue weighted by Gasteiger charge is 2.37. The van der Waals surface area contributed by atoms with Gasteiger partial charge in [-0.2, -0.15) is 4.31 Å². The largest absolute Gasteiger partial charge is 0.324 e. The summed E-state index contributed by atoms with van der Waals surface area (Å²) in [5.41, 5.74) is 0.962. The Hall–Kier alpha value is -1.63. The van der Waals surface area contributed by atoms with Crippen LogP contribution in [-0.4, -0.2) is 42.5 Å². The number of hydrogen-bond acceptors (Lipinski definition) is 3. The van der Waals surface area contributed by atoms with Crippen molar-refractivity contribution < 1.29 is 8.42 Å². The van der Waals surface area contributed by atoms with Crippen LogP contribution in [0.2, 0.25) is 0 Å². The summed E-state index contributed by atoms with van der Waals surface area (Å²) in [6.07, 6.45) is 6.03. The molecule has 2 fully saturated rings. The zero-order chi connectivity index (χ0) is 15.2.